The second-order valence-corrected chi connectivity index (χ2v) is 5.39. The van der Waals surface area contributed by atoms with E-state index in [2.05, 4.69) is 11.8 Å². The summed E-state index contributed by atoms with van der Waals surface area (Å²) in [6, 6.07) is 0. The normalized spacial score (nSPS) is 33.4. The molecule has 2 nitrogen and oxygen atoms in total. The highest BCUT2D eigenvalue weighted by Crippen LogP contribution is 2.36. The van der Waals surface area contributed by atoms with Gasteiger partial charge in [0.25, 0.3) is 0 Å². The van der Waals surface area contributed by atoms with Crippen molar-refractivity contribution in [3.8, 4) is 0 Å². The van der Waals surface area contributed by atoms with Gasteiger partial charge in [-0.05, 0) is 45.2 Å². The molecule has 1 atom stereocenters. The van der Waals surface area contributed by atoms with Crippen LogP contribution in [0.25, 0.3) is 0 Å². The molecular formula is C12H24N2. The van der Waals surface area contributed by atoms with Crippen molar-refractivity contribution in [3.05, 3.63) is 0 Å². The second kappa shape index (κ2) is 4.19. The van der Waals surface area contributed by atoms with Crippen LogP contribution in [0.3, 0.4) is 0 Å². The van der Waals surface area contributed by atoms with Crippen LogP contribution in [0.2, 0.25) is 0 Å². The molecule has 0 amide bonds. The van der Waals surface area contributed by atoms with E-state index in [1.54, 1.807) is 0 Å². The van der Waals surface area contributed by atoms with Crippen LogP contribution in [0.5, 0.6) is 0 Å². The minimum absolute atomic E-state index is 0.516. The van der Waals surface area contributed by atoms with Gasteiger partial charge in [-0.1, -0.05) is 19.3 Å². The zero-order valence-corrected chi connectivity index (χ0v) is 9.47. The Labute approximate surface area is 87.8 Å². The Balaban J connectivity index is 1.93. The van der Waals surface area contributed by atoms with Crippen LogP contribution in [-0.4, -0.2) is 30.1 Å². The van der Waals surface area contributed by atoms with E-state index in [4.69, 9.17) is 5.73 Å². The lowest BCUT2D eigenvalue weighted by atomic mass is 9.82. The van der Waals surface area contributed by atoms with Gasteiger partial charge >= 0.3 is 0 Å². The average molecular weight is 196 g/mol. The number of nitrogens with two attached hydrogens (primary N) is 1. The summed E-state index contributed by atoms with van der Waals surface area (Å²) in [5, 5.41) is 0. The molecule has 0 radical (unpaired) electrons. The first-order valence-corrected chi connectivity index (χ1v) is 6.20. The van der Waals surface area contributed by atoms with E-state index in [9.17, 15) is 0 Å². The van der Waals surface area contributed by atoms with Crippen molar-refractivity contribution in [2.45, 2.75) is 51.0 Å². The Morgan fingerprint density at radius 1 is 1.29 bits per heavy atom. The van der Waals surface area contributed by atoms with Crippen molar-refractivity contribution in [2.24, 2.45) is 11.7 Å². The van der Waals surface area contributed by atoms with Gasteiger partial charge in [-0.2, -0.15) is 0 Å². The number of hydrogen-bond acceptors (Lipinski definition) is 2. The van der Waals surface area contributed by atoms with Crippen LogP contribution in [0.1, 0.15) is 45.4 Å². The Morgan fingerprint density at radius 2 is 2.00 bits per heavy atom. The molecule has 2 aliphatic rings. The lowest BCUT2D eigenvalue weighted by Gasteiger charge is -2.42. The summed E-state index contributed by atoms with van der Waals surface area (Å²) in [4.78, 5) is 2.71. The van der Waals surface area contributed by atoms with Crippen LogP contribution in [-0.2, 0) is 0 Å². The largest absolute Gasteiger partial charge is 0.330 e. The maximum absolute atomic E-state index is 5.74. The molecule has 1 aliphatic carbocycles. The smallest absolute Gasteiger partial charge is 0.0181 e. The van der Waals surface area contributed by atoms with E-state index in [1.807, 2.05) is 0 Å². The van der Waals surface area contributed by atoms with Gasteiger partial charge in [0.2, 0.25) is 0 Å². The molecule has 14 heavy (non-hydrogen) atoms. The van der Waals surface area contributed by atoms with E-state index < -0.39 is 0 Å². The van der Waals surface area contributed by atoms with Crippen LogP contribution in [0.4, 0.5) is 0 Å². The maximum Gasteiger partial charge on any atom is 0.0181 e. The molecule has 1 heterocycles. The third-order valence-electron chi connectivity index (χ3n) is 4.31. The predicted octanol–water partition coefficient (Wildman–Crippen LogP) is 1.99. The first-order chi connectivity index (χ1) is 6.74. The fraction of sp³-hybridized carbons (Fsp3) is 1.00. The van der Waals surface area contributed by atoms with Gasteiger partial charge in [-0.3, -0.25) is 4.90 Å². The summed E-state index contributed by atoms with van der Waals surface area (Å²) in [5.74, 6) is 0.772. The SMILES string of the molecule is CC1(N2CCC(CN)C2)CCCCC1. The van der Waals surface area contributed by atoms with Gasteiger partial charge in [0.1, 0.15) is 0 Å². The Hall–Kier alpha value is -0.0800. The van der Waals surface area contributed by atoms with Gasteiger partial charge in [0.05, 0.1) is 0 Å². The quantitative estimate of drug-likeness (QED) is 0.732. The number of rotatable bonds is 2. The molecule has 0 spiro atoms. The summed E-state index contributed by atoms with van der Waals surface area (Å²) in [6.45, 7) is 5.89. The molecule has 2 rings (SSSR count). The number of hydrogen-bond donors (Lipinski definition) is 1. The van der Waals surface area contributed by atoms with E-state index in [1.165, 1.54) is 51.6 Å². The summed E-state index contributed by atoms with van der Waals surface area (Å²) in [5.41, 5.74) is 6.26. The molecule has 2 heteroatoms. The monoisotopic (exact) mass is 196 g/mol. The molecule has 0 aromatic heterocycles. The molecule has 1 aliphatic heterocycles. The third kappa shape index (κ3) is 1.96. The molecule has 82 valence electrons. The molecule has 0 aromatic carbocycles. The van der Waals surface area contributed by atoms with E-state index in [0.717, 1.165) is 12.5 Å². The predicted molar refractivity (Wildman–Crippen MR) is 60.2 cm³/mol. The zero-order valence-electron chi connectivity index (χ0n) is 9.47. The van der Waals surface area contributed by atoms with Crippen molar-refractivity contribution >= 4 is 0 Å². The molecule has 1 saturated carbocycles. The Morgan fingerprint density at radius 3 is 2.57 bits per heavy atom. The molecular weight excluding hydrogens is 172 g/mol. The number of nitrogens with zero attached hydrogens (tertiary/aromatic N) is 1. The van der Waals surface area contributed by atoms with Gasteiger partial charge < -0.3 is 5.73 Å². The zero-order chi connectivity index (χ0) is 10.0. The maximum atomic E-state index is 5.74. The minimum Gasteiger partial charge on any atom is -0.330 e. The highest BCUT2D eigenvalue weighted by atomic mass is 15.2. The van der Waals surface area contributed by atoms with E-state index in [0.29, 0.717) is 5.54 Å². The molecule has 1 saturated heterocycles. The highest BCUT2D eigenvalue weighted by Gasteiger charge is 2.36. The summed E-state index contributed by atoms with van der Waals surface area (Å²) in [7, 11) is 0. The fourth-order valence-electron chi connectivity index (χ4n) is 3.15. The van der Waals surface area contributed by atoms with Crippen molar-refractivity contribution in [1.29, 1.82) is 0 Å². The fourth-order valence-corrected chi connectivity index (χ4v) is 3.15. The third-order valence-corrected chi connectivity index (χ3v) is 4.31. The van der Waals surface area contributed by atoms with E-state index in [-0.39, 0.29) is 0 Å². The second-order valence-electron chi connectivity index (χ2n) is 5.39. The average Bonchev–Trinajstić information content (AvgIpc) is 2.67. The summed E-state index contributed by atoms with van der Waals surface area (Å²) in [6.07, 6.45) is 8.45. The van der Waals surface area contributed by atoms with Crippen molar-refractivity contribution < 1.29 is 0 Å². The Kier molecular flexibility index (Phi) is 3.13. The molecule has 1 unspecified atom stereocenters. The van der Waals surface area contributed by atoms with Crippen LogP contribution >= 0.6 is 0 Å². The van der Waals surface area contributed by atoms with Gasteiger partial charge in [0, 0.05) is 12.1 Å². The minimum atomic E-state index is 0.516. The first kappa shape index (κ1) is 10.4. The van der Waals surface area contributed by atoms with Gasteiger partial charge in [-0.25, -0.2) is 0 Å². The molecule has 2 fully saturated rings. The van der Waals surface area contributed by atoms with Crippen molar-refractivity contribution in [1.82, 2.24) is 4.90 Å². The van der Waals surface area contributed by atoms with Crippen molar-refractivity contribution in [2.75, 3.05) is 19.6 Å². The molecule has 2 N–H and O–H groups in total. The topological polar surface area (TPSA) is 29.3 Å². The summed E-state index contributed by atoms with van der Waals surface area (Å²) < 4.78 is 0. The first-order valence-electron chi connectivity index (χ1n) is 6.20. The molecule has 0 aromatic rings. The Bertz CT molecular complexity index is 185. The standard InChI is InChI=1S/C12H24N2/c1-12(6-3-2-4-7-12)14-8-5-11(9-13)10-14/h11H,2-10,13H2,1H3. The highest BCUT2D eigenvalue weighted by molar-refractivity contribution is 4.93. The van der Waals surface area contributed by atoms with E-state index >= 15 is 0 Å². The van der Waals surface area contributed by atoms with Gasteiger partial charge in [-0.15, -0.1) is 0 Å². The van der Waals surface area contributed by atoms with Gasteiger partial charge in [0.15, 0.2) is 0 Å². The van der Waals surface area contributed by atoms with Crippen LogP contribution < -0.4 is 5.73 Å². The van der Waals surface area contributed by atoms with Crippen LogP contribution in [0, 0.1) is 5.92 Å². The molecule has 0 bridgehead atoms. The van der Waals surface area contributed by atoms with Crippen molar-refractivity contribution in [3.63, 3.8) is 0 Å². The number of likely N-dealkylation sites (tertiary alicyclic amines) is 1. The lowest BCUT2D eigenvalue weighted by Crippen LogP contribution is -2.46. The lowest BCUT2D eigenvalue weighted by molar-refractivity contribution is 0.0873. The van der Waals surface area contributed by atoms with Crippen LogP contribution in [0.15, 0.2) is 0 Å². The summed E-state index contributed by atoms with van der Waals surface area (Å²) >= 11 is 0.